The van der Waals surface area contributed by atoms with Crippen LogP contribution in [0.5, 0.6) is 17.2 Å². The standard InChI is InChI=1S/C62H76N7O19P/c1-37(2)69(38(3)4)89(76,83-31-17-30-79-60-54(64-39(5)70)57(85-42(8)73)56(84-41(7)72)51(87-60)33-80-40(6)71)88-49-32-53(68-36-63-55-58(68)66-61(67-59(55)75)65-52(74)35-81-48-20-15-12-16-21-48)86-50(49)34-82-62(43-18-13-11-14-19-43,44-22-26-46(77-9)27-23-44)45-24-28-47(78-10)29-25-45/h11-16,18-29,36-38,49-51,53-54,56-57,60H,17,30-35H2,1-10H3,(H,64,70)(H2,65,66,67,74,75)/t49-,50+,51+,53+,54+,56+,57+,60+,89?/m0/s1. The van der Waals surface area contributed by atoms with Gasteiger partial charge in [0.2, 0.25) is 11.9 Å². The molecule has 2 aromatic heterocycles. The van der Waals surface area contributed by atoms with E-state index in [1.165, 1.54) is 24.7 Å². The molecule has 4 heterocycles. The van der Waals surface area contributed by atoms with Crippen molar-refractivity contribution < 1.29 is 85.0 Å². The molecule has 2 saturated heterocycles. The van der Waals surface area contributed by atoms with Gasteiger partial charge in [0.05, 0.1) is 40.4 Å². The number of hydrogen-bond donors (Lipinski definition) is 3. The van der Waals surface area contributed by atoms with E-state index < -0.39 is 123 Å². The molecule has 0 radical (unpaired) electrons. The average molecular weight is 1250 g/mol. The predicted molar refractivity (Wildman–Crippen MR) is 321 cm³/mol. The first-order valence-electron chi connectivity index (χ1n) is 28.9. The van der Waals surface area contributed by atoms with E-state index in [-0.39, 0.29) is 49.8 Å². The lowest BCUT2D eigenvalue weighted by molar-refractivity contribution is -0.278. The molecule has 26 nitrogen and oxygen atoms in total. The molecule has 9 atom stereocenters. The van der Waals surface area contributed by atoms with Gasteiger partial charge in [-0.3, -0.25) is 52.7 Å². The largest absolute Gasteiger partial charge is 0.497 e. The number of carbonyl (C=O) groups is 5. The quantitative estimate of drug-likeness (QED) is 0.0138. The van der Waals surface area contributed by atoms with Crippen LogP contribution in [0.3, 0.4) is 0 Å². The van der Waals surface area contributed by atoms with Crippen LogP contribution >= 0.6 is 7.75 Å². The molecule has 27 heteroatoms. The molecular formula is C62H76N7O19P. The van der Waals surface area contributed by atoms with Gasteiger partial charge < -0.3 is 52.7 Å². The van der Waals surface area contributed by atoms with Crippen molar-refractivity contribution >= 4 is 54.6 Å². The molecule has 2 aliphatic heterocycles. The first-order chi connectivity index (χ1) is 42.6. The lowest BCUT2D eigenvalue weighted by atomic mass is 9.80. The SMILES string of the molecule is COc1ccc(C(OC[C@H]2O[C@@H](n3cnc4c(=O)[nH]c(NC(=O)COc5ccccc5)nc43)C[C@@H]2OP(=O)(OCCCO[C@@H]2O[C@H](COC(C)=O)[C@@H](OC(C)=O)[C@H](OC(C)=O)[C@H]2NC(C)=O)N(C(C)C)C(C)C)(c2ccccc2)c2ccc(OC)cc2)cc1. The second-order valence-corrected chi connectivity index (χ2v) is 23.4. The number of methoxy groups -OCH3 is 2. The number of nitrogens with one attached hydrogen (secondary N) is 3. The van der Waals surface area contributed by atoms with Crippen molar-refractivity contribution in [3.63, 3.8) is 0 Å². The minimum Gasteiger partial charge on any atom is -0.497 e. The van der Waals surface area contributed by atoms with Crippen molar-refractivity contribution in [2.24, 2.45) is 0 Å². The normalized spacial score (nSPS) is 20.8. The van der Waals surface area contributed by atoms with Crippen LogP contribution in [-0.2, 0) is 76.3 Å². The predicted octanol–water partition coefficient (Wildman–Crippen LogP) is 7.14. The number of amides is 2. The number of imidazole rings is 1. The van der Waals surface area contributed by atoms with Crippen molar-refractivity contribution in [2.75, 3.05) is 52.6 Å². The molecule has 2 amide bonds. The van der Waals surface area contributed by atoms with Crippen LogP contribution in [0.4, 0.5) is 5.95 Å². The Morgan fingerprint density at radius 3 is 1.91 bits per heavy atom. The van der Waals surface area contributed by atoms with Gasteiger partial charge >= 0.3 is 25.7 Å². The zero-order chi connectivity index (χ0) is 64.0. The van der Waals surface area contributed by atoms with E-state index in [0.717, 1.165) is 19.4 Å². The molecule has 6 aromatic rings. The molecule has 1 unspecified atom stereocenters. The number of para-hydroxylation sites is 1. The molecule has 2 aliphatic rings. The lowest BCUT2D eigenvalue weighted by Gasteiger charge is -2.45. The third kappa shape index (κ3) is 16.6. The second-order valence-electron chi connectivity index (χ2n) is 21.5. The fraction of sp³-hybridized carbons (Fsp3) is 0.452. The molecule has 0 spiro atoms. The van der Waals surface area contributed by atoms with Crippen LogP contribution < -0.4 is 30.4 Å². The topological polar surface area (TPSA) is 304 Å². The summed E-state index contributed by atoms with van der Waals surface area (Å²) in [5.41, 5.74) is 0.124. The van der Waals surface area contributed by atoms with Crippen LogP contribution in [0.1, 0.15) is 91.1 Å². The van der Waals surface area contributed by atoms with Gasteiger partial charge in [-0.05, 0) is 87.2 Å². The van der Waals surface area contributed by atoms with E-state index in [0.29, 0.717) is 28.4 Å². The number of hydrogen-bond acceptors (Lipinski definition) is 21. The Bertz CT molecular complexity index is 3410. The summed E-state index contributed by atoms with van der Waals surface area (Å²) in [6.45, 7) is 10.6. The maximum absolute atomic E-state index is 16.1. The lowest BCUT2D eigenvalue weighted by Crippen LogP contribution is -2.66. The van der Waals surface area contributed by atoms with E-state index in [1.54, 1.807) is 43.2 Å². The van der Waals surface area contributed by atoms with Gasteiger partial charge in [0.1, 0.15) is 60.0 Å². The summed E-state index contributed by atoms with van der Waals surface area (Å²) < 4.78 is 92.6. The minimum atomic E-state index is -4.46. The molecule has 3 N–H and O–H groups in total. The van der Waals surface area contributed by atoms with Gasteiger partial charge in [0, 0.05) is 46.2 Å². The molecule has 0 saturated carbocycles. The Kier molecular flexibility index (Phi) is 22.9. The van der Waals surface area contributed by atoms with Crippen LogP contribution in [0, 0.1) is 0 Å². The number of aromatic amines is 1. The Labute approximate surface area is 514 Å². The Morgan fingerprint density at radius 1 is 0.742 bits per heavy atom. The summed E-state index contributed by atoms with van der Waals surface area (Å²) in [6, 6.07) is 31.1. The maximum atomic E-state index is 16.1. The molecule has 0 aliphatic carbocycles. The number of rotatable bonds is 29. The number of anilines is 1. The smallest absolute Gasteiger partial charge is 0.409 e. The number of fused-ring (bicyclic) bond motifs is 1. The van der Waals surface area contributed by atoms with E-state index in [9.17, 15) is 28.8 Å². The fourth-order valence-electron chi connectivity index (χ4n) is 10.8. The van der Waals surface area contributed by atoms with Crippen LogP contribution in [0.2, 0.25) is 0 Å². The molecule has 4 aromatic carbocycles. The molecule has 2 fully saturated rings. The summed E-state index contributed by atoms with van der Waals surface area (Å²) in [4.78, 5) is 88.0. The number of benzene rings is 4. The molecule has 0 bridgehead atoms. The monoisotopic (exact) mass is 1250 g/mol. The van der Waals surface area contributed by atoms with Gasteiger partial charge in [-0.25, -0.2) is 14.2 Å². The van der Waals surface area contributed by atoms with Gasteiger partial charge in [-0.15, -0.1) is 0 Å². The number of carbonyl (C=O) groups excluding carboxylic acids is 5. The van der Waals surface area contributed by atoms with Crippen molar-refractivity contribution in [2.45, 2.75) is 135 Å². The third-order valence-electron chi connectivity index (χ3n) is 14.4. The van der Waals surface area contributed by atoms with E-state index >= 15 is 4.57 Å². The van der Waals surface area contributed by atoms with E-state index in [1.807, 2.05) is 113 Å². The van der Waals surface area contributed by atoms with E-state index in [2.05, 4.69) is 25.6 Å². The zero-order valence-electron chi connectivity index (χ0n) is 51.2. The van der Waals surface area contributed by atoms with Crippen molar-refractivity contribution in [1.29, 1.82) is 0 Å². The fourth-order valence-corrected chi connectivity index (χ4v) is 13.2. The average Bonchev–Trinajstić information content (AvgIpc) is 1.44. The van der Waals surface area contributed by atoms with Crippen molar-refractivity contribution in [1.82, 2.24) is 29.5 Å². The third-order valence-corrected chi connectivity index (χ3v) is 17.0. The van der Waals surface area contributed by atoms with Gasteiger partial charge in [0.15, 0.2) is 36.3 Å². The maximum Gasteiger partial charge on any atom is 0.409 e. The summed E-state index contributed by atoms with van der Waals surface area (Å²) in [6.07, 6.45) is -7.12. The highest BCUT2D eigenvalue weighted by molar-refractivity contribution is 7.51. The second kappa shape index (κ2) is 30.4. The van der Waals surface area contributed by atoms with Gasteiger partial charge in [-0.2, -0.15) is 4.98 Å². The summed E-state index contributed by atoms with van der Waals surface area (Å²) in [5, 5.41) is 5.28. The van der Waals surface area contributed by atoms with E-state index in [4.69, 9.17) is 56.4 Å². The first-order valence-corrected chi connectivity index (χ1v) is 30.4. The number of H-pyrrole nitrogens is 1. The number of esters is 3. The Morgan fingerprint density at radius 2 is 1.34 bits per heavy atom. The van der Waals surface area contributed by atoms with Gasteiger partial charge in [0.25, 0.3) is 11.5 Å². The van der Waals surface area contributed by atoms with Crippen molar-refractivity contribution in [3.05, 3.63) is 143 Å². The van der Waals surface area contributed by atoms with Crippen molar-refractivity contribution in [3.8, 4) is 17.2 Å². The van der Waals surface area contributed by atoms with Gasteiger partial charge in [-0.1, -0.05) is 72.8 Å². The molecule has 478 valence electrons. The first kappa shape index (κ1) is 66.9. The highest BCUT2D eigenvalue weighted by Gasteiger charge is 2.52. The molecule has 8 rings (SSSR count). The zero-order valence-corrected chi connectivity index (χ0v) is 52.1. The molecular weight excluding hydrogens is 1180 g/mol. The Hall–Kier alpha value is -8.07. The van der Waals surface area contributed by atoms with Crippen LogP contribution in [-0.4, -0.2) is 156 Å². The molecule has 89 heavy (non-hydrogen) atoms. The minimum absolute atomic E-state index is 0.0302. The van der Waals surface area contributed by atoms with Crippen LogP contribution in [0.15, 0.2) is 120 Å². The van der Waals surface area contributed by atoms with Crippen LogP contribution in [0.25, 0.3) is 11.2 Å². The summed E-state index contributed by atoms with van der Waals surface area (Å²) in [7, 11) is -1.31. The number of ether oxygens (including phenoxy) is 10. The highest BCUT2D eigenvalue weighted by Crippen LogP contribution is 2.58. The number of nitrogens with zero attached hydrogens (tertiary/aromatic N) is 4. The summed E-state index contributed by atoms with van der Waals surface area (Å²) >= 11 is 0. The number of aromatic nitrogens is 4. The summed E-state index contributed by atoms with van der Waals surface area (Å²) in [5.74, 6) is -1.90. The highest BCUT2D eigenvalue weighted by atomic mass is 31.2. The Balaban J connectivity index is 1.13.